The van der Waals surface area contributed by atoms with E-state index in [-0.39, 0.29) is 11.7 Å². The van der Waals surface area contributed by atoms with E-state index in [2.05, 4.69) is 20.7 Å². The molecule has 1 heterocycles. The maximum absolute atomic E-state index is 12.3. The minimum absolute atomic E-state index is 0.126. The number of nitrogens with one attached hydrogen (secondary N) is 1. The number of rotatable bonds is 11. The summed E-state index contributed by atoms with van der Waals surface area (Å²) in [6.07, 6.45) is 1.49. The Morgan fingerprint density at radius 2 is 1.68 bits per heavy atom. The first-order valence-corrected chi connectivity index (χ1v) is 11.3. The zero-order valence-electron chi connectivity index (χ0n) is 19.7. The van der Waals surface area contributed by atoms with Gasteiger partial charge in [-0.2, -0.15) is 5.10 Å². The monoisotopic (exact) mass is 485 g/mol. The number of aromatic nitrogens is 3. The van der Waals surface area contributed by atoms with Gasteiger partial charge in [0.15, 0.2) is 22.5 Å². The highest BCUT2D eigenvalue weighted by Crippen LogP contribution is 2.33. The second-order valence-corrected chi connectivity index (χ2v) is 7.75. The zero-order valence-corrected chi connectivity index (χ0v) is 20.5. The highest BCUT2D eigenvalue weighted by atomic mass is 32.2. The Hall–Kier alpha value is -3.73. The van der Waals surface area contributed by atoms with Crippen molar-refractivity contribution >= 4 is 23.9 Å². The summed E-state index contributed by atoms with van der Waals surface area (Å²) in [6, 6.07) is 11.0. The van der Waals surface area contributed by atoms with Crippen molar-refractivity contribution in [3.63, 3.8) is 0 Å². The summed E-state index contributed by atoms with van der Waals surface area (Å²) in [5.41, 5.74) is 4.06. The van der Waals surface area contributed by atoms with E-state index in [1.807, 2.05) is 35.8 Å². The van der Waals surface area contributed by atoms with Crippen molar-refractivity contribution in [3.8, 4) is 34.4 Å². The van der Waals surface area contributed by atoms with Crippen molar-refractivity contribution in [2.75, 3.05) is 34.2 Å². The predicted molar refractivity (Wildman–Crippen MR) is 130 cm³/mol. The van der Waals surface area contributed by atoms with E-state index < -0.39 is 0 Å². The van der Waals surface area contributed by atoms with Crippen molar-refractivity contribution in [3.05, 3.63) is 42.0 Å². The summed E-state index contributed by atoms with van der Waals surface area (Å²) < 4.78 is 23.1. The molecule has 3 rings (SSSR count). The van der Waals surface area contributed by atoms with Crippen LogP contribution in [-0.2, 0) is 11.3 Å². The third kappa shape index (κ3) is 5.79. The lowest BCUT2D eigenvalue weighted by Crippen LogP contribution is -2.20. The molecule has 1 N–H and O–H groups in total. The number of methoxy groups -OCH3 is 4. The second kappa shape index (κ2) is 11.9. The van der Waals surface area contributed by atoms with Gasteiger partial charge in [-0.25, -0.2) is 5.43 Å². The summed E-state index contributed by atoms with van der Waals surface area (Å²) in [5, 5.41) is 13.2. The van der Waals surface area contributed by atoms with E-state index in [1.165, 1.54) is 25.1 Å². The molecule has 0 aliphatic rings. The van der Waals surface area contributed by atoms with Crippen LogP contribution in [0.2, 0.25) is 0 Å². The van der Waals surface area contributed by atoms with Gasteiger partial charge >= 0.3 is 0 Å². The fourth-order valence-electron chi connectivity index (χ4n) is 3.12. The van der Waals surface area contributed by atoms with Crippen LogP contribution in [0.3, 0.4) is 0 Å². The molecule has 0 atom stereocenters. The van der Waals surface area contributed by atoms with Crippen molar-refractivity contribution in [1.82, 2.24) is 20.2 Å². The first-order valence-electron chi connectivity index (χ1n) is 10.4. The molecule has 0 unspecified atom stereocenters. The maximum Gasteiger partial charge on any atom is 0.250 e. The van der Waals surface area contributed by atoms with E-state index in [0.717, 1.165) is 17.1 Å². The third-order valence-corrected chi connectivity index (χ3v) is 5.81. The average molecular weight is 486 g/mol. The molecule has 0 spiro atoms. The number of hydrogen-bond acceptors (Lipinski definition) is 9. The number of amides is 1. The molecule has 3 aromatic rings. The molecule has 2 aromatic carbocycles. The first-order chi connectivity index (χ1) is 16.5. The normalized spacial score (nSPS) is 10.9. The van der Waals surface area contributed by atoms with Gasteiger partial charge in [0.25, 0.3) is 5.91 Å². The minimum atomic E-state index is -0.280. The van der Waals surface area contributed by atoms with Crippen LogP contribution in [0.4, 0.5) is 0 Å². The van der Waals surface area contributed by atoms with E-state index in [4.69, 9.17) is 18.9 Å². The van der Waals surface area contributed by atoms with E-state index in [0.29, 0.717) is 34.5 Å². The number of hydrogen-bond donors (Lipinski definition) is 1. The Balaban J connectivity index is 1.63. The van der Waals surface area contributed by atoms with Gasteiger partial charge in [0.2, 0.25) is 0 Å². The summed E-state index contributed by atoms with van der Waals surface area (Å²) in [4.78, 5) is 12.3. The lowest BCUT2D eigenvalue weighted by atomic mass is 10.2. The highest BCUT2D eigenvalue weighted by molar-refractivity contribution is 7.99. The zero-order chi connectivity index (χ0) is 24.5. The smallest absolute Gasteiger partial charge is 0.250 e. The first kappa shape index (κ1) is 24.9. The highest BCUT2D eigenvalue weighted by Gasteiger charge is 2.15. The number of ether oxygens (including phenoxy) is 4. The van der Waals surface area contributed by atoms with E-state index in [9.17, 15) is 4.79 Å². The predicted octanol–water partition coefficient (Wildman–Crippen LogP) is 3.24. The fourth-order valence-corrected chi connectivity index (χ4v) is 3.92. The summed E-state index contributed by atoms with van der Waals surface area (Å²) in [6.45, 7) is 2.66. The molecule has 0 bridgehead atoms. The lowest BCUT2D eigenvalue weighted by Gasteiger charge is -2.11. The number of hydrazone groups is 1. The third-order valence-electron chi connectivity index (χ3n) is 4.84. The number of nitrogens with zero attached hydrogens (tertiary/aromatic N) is 4. The Morgan fingerprint density at radius 1 is 1.00 bits per heavy atom. The minimum Gasteiger partial charge on any atom is -0.497 e. The van der Waals surface area contributed by atoms with Gasteiger partial charge in [-0.05, 0) is 37.3 Å². The van der Waals surface area contributed by atoms with Gasteiger partial charge in [0, 0.05) is 23.7 Å². The van der Waals surface area contributed by atoms with Crippen molar-refractivity contribution < 1.29 is 23.7 Å². The van der Waals surface area contributed by atoms with Gasteiger partial charge in [-0.1, -0.05) is 11.8 Å². The summed E-state index contributed by atoms with van der Waals surface area (Å²) in [5.74, 6) is 2.94. The molecular formula is C23H27N5O5S. The van der Waals surface area contributed by atoms with Crippen molar-refractivity contribution in [2.24, 2.45) is 5.10 Å². The number of benzene rings is 2. The molecule has 0 aliphatic carbocycles. The molecule has 0 saturated carbocycles. The molecule has 0 aliphatic heterocycles. The van der Waals surface area contributed by atoms with Crippen LogP contribution < -0.4 is 24.4 Å². The van der Waals surface area contributed by atoms with Crippen LogP contribution in [0, 0.1) is 0 Å². The lowest BCUT2D eigenvalue weighted by molar-refractivity contribution is -0.118. The number of carbonyl (C=O) groups is 1. The molecule has 1 amide bonds. The largest absolute Gasteiger partial charge is 0.497 e. The standard InChI is InChI=1S/C23H27N5O5S/c1-6-28-22(15-7-9-17(30-2)10-8-15)26-27-23(28)34-14-21(29)25-24-13-16-11-19(32-4)20(33-5)12-18(16)31-3/h7-13H,6,14H2,1-5H3,(H,25,29)/b24-13-. The molecule has 0 saturated heterocycles. The Kier molecular flexibility index (Phi) is 8.74. The maximum atomic E-state index is 12.3. The van der Waals surface area contributed by atoms with Crippen LogP contribution in [0.1, 0.15) is 12.5 Å². The molecular weight excluding hydrogens is 458 g/mol. The Bertz CT molecular complexity index is 1150. The van der Waals surface area contributed by atoms with Crippen molar-refractivity contribution in [1.29, 1.82) is 0 Å². The van der Waals surface area contributed by atoms with Gasteiger partial charge < -0.3 is 23.5 Å². The molecule has 11 heteroatoms. The van der Waals surface area contributed by atoms with Gasteiger partial charge in [-0.3, -0.25) is 4.79 Å². The summed E-state index contributed by atoms with van der Waals surface area (Å²) in [7, 11) is 6.25. The van der Waals surface area contributed by atoms with Gasteiger partial charge in [-0.15, -0.1) is 10.2 Å². The molecule has 180 valence electrons. The fraction of sp³-hybridized carbons (Fsp3) is 0.304. The van der Waals surface area contributed by atoms with Gasteiger partial charge in [0.05, 0.1) is 40.4 Å². The number of carbonyl (C=O) groups excluding carboxylic acids is 1. The van der Waals surface area contributed by atoms with Gasteiger partial charge in [0.1, 0.15) is 11.5 Å². The van der Waals surface area contributed by atoms with Crippen LogP contribution in [-0.4, -0.2) is 61.1 Å². The van der Waals surface area contributed by atoms with Crippen LogP contribution >= 0.6 is 11.8 Å². The van der Waals surface area contributed by atoms with Crippen LogP contribution in [0.25, 0.3) is 11.4 Å². The Morgan fingerprint density at radius 3 is 2.29 bits per heavy atom. The second-order valence-electron chi connectivity index (χ2n) is 6.81. The topological polar surface area (TPSA) is 109 Å². The molecule has 10 nitrogen and oxygen atoms in total. The Labute approximate surface area is 202 Å². The van der Waals surface area contributed by atoms with E-state index >= 15 is 0 Å². The van der Waals surface area contributed by atoms with Crippen LogP contribution in [0.15, 0.2) is 46.7 Å². The molecule has 0 fully saturated rings. The summed E-state index contributed by atoms with van der Waals surface area (Å²) >= 11 is 1.29. The van der Waals surface area contributed by atoms with E-state index in [1.54, 1.807) is 33.5 Å². The molecule has 1 aromatic heterocycles. The quantitative estimate of drug-likeness (QED) is 0.250. The van der Waals surface area contributed by atoms with Crippen LogP contribution in [0.5, 0.6) is 23.0 Å². The average Bonchev–Trinajstić information content (AvgIpc) is 3.29. The number of thioether (sulfide) groups is 1. The molecule has 34 heavy (non-hydrogen) atoms. The molecule has 0 radical (unpaired) electrons. The SMILES string of the molecule is CCn1c(SCC(=O)N/N=C\c2cc(OC)c(OC)cc2OC)nnc1-c1ccc(OC)cc1. The van der Waals surface area contributed by atoms with Crippen molar-refractivity contribution in [2.45, 2.75) is 18.6 Å².